The van der Waals surface area contributed by atoms with Gasteiger partial charge in [0.05, 0.1) is 0 Å². The average Bonchev–Trinajstić information content (AvgIpc) is 2.80. The molecular formula is C13H11N5O2. The van der Waals surface area contributed by atoms with E-state index in [2.05, 4.69) is 20.4 Å². The molecule has 3 aromatic rings. The van der Waals surface area contributed by atoms with Gasteiger partial charge in [-0.2, -0.15) is 9.50 Å². The van der Waals surface area contributed by atoms with Crippen LogP contribution in [0.3, 0.4) is 0 Å². The Morgan fingerprint density at radius 1 is 1.30 bits per heavy atom. The molecule has 0 spiro atoms. The molecule has 0 aliphatic rings. The minimum atomic E-state index is -0.353. The van der Waals surface area contributed by atoms with Gasteiger partial charge < -0.3 is 5.32 Å². The van der Waals surface area contributed by atoms with Gasteiger partial charge in [0.15, 0.2) is 0 Å². The fourth-order valence-corrected chi connectivity index (χ4v) is 1.86. The maximum atomic E-state index is 12.1. The first-order chi connectivity index (χ1) is 9.63. The van der Waals surface area contributed by atoms with E-state index in [-0.39, 0.29) is 17.3 Å². The Balaban J connectivity index is 2.02. The Hall–Kier alpha value is -2.96. The van der Waals surface area contributed by atoms with Crippen molar-refractivity contribution < 1.29 is 4.79 Å². The molecule has 20 heavy (non-hydrogen) atoms. The van der Waals surface area contributed by atoms with Gasteiger partial charge in [0.2, 0.25) is 5.78 Å². The van der Waals surface area contributed by atoms with Crippen molar-refractivity contribution >= 4 is 17.5 Å². The SMILES string of the molecule is Cc1nc2[nH]c(=O)cc(NC(=O)c3ccccc3)n2n1. The number of H-pyrrole nitrogens is 1. The number of anilines is 1. The topological polar surface area (TPSA) is 92.1 Å². The number of rotatable bonds is 2. The zero-order valence-corrected chi connectivity index (χ0v) is 10.6. The van der Waals surface area contributed by atoms with Crippen LogP contribution in [0.15, 0.2) is 41.2 Å². The Morgan fingerprint density at radius 3 is 2.80 bits per heavy atom. The van der Waals surface area contributed by atoms with E-state index in [0.29, 0.717) is 17.2 Å². The number of fused-ring (bicyclic) bond motifs is 1. The smallest absolute Gasteiger partial charge is 0.256 e. The van der Waals surface area contributed by atoms with E-state index in [1.165, 1.54) is 10.6 Å². The molecule has 2 N–H and O–H groups in total. The third-order valence-corrected chi connectivity index (χ3v) is 2.72. The third kappa shape index (κ3) is 2.16. The standard InChI is InChI=1S/C13H11N5O2/c1-8-14-13-16-11(19)7-10(18(13)17-8)15-12(20)9-5-3-2-4-6-9/h2-7H,1H3,(H,15,20)(H,14,16,17,19). The predicted molar refractivity (Wildman–Crippen MR) is 72.7 cm³/mol. The minimum Gasteiger partial charge on any atom is -0.306 e. The molecule has 0 saturated carbocycles. The van der Waals surface area contributed by atoms with Crippen molar-refractivity contribution in [2.24, 2.45) is 0 Å². The molecule has 0 radical (unpaired) electrons. The molecule has 0 bridgehead atoms. The number of carbonyl (C=O) groups excluding carboxylic acids is 1. The van der Waals surface area contributed by atoms with E-state index in [1.54, 1.807) is 31.2 Å². The van der Waals surface area contributed by atoms with E-state index in [1.807, 2.05) is 6.07 Å². The highest BCUT2D eigenvalue weighted by Gasteiger charge is 2.11. The molecule has 0 aliphatic heterocycles. The second kappa shape index (κ2) is 4.61. The van der Waals surface area contributed by atoms with Crippen LogP contribution in [0.5, 0.6) is 0 Å². The lowest BCUT2D eigenvalue weighted by Gasteiger charge is -2.06. The fraction of sp³-hybridized carbons (Fsp3) is 0.0769. The van der Waals surface area contributed by atoms with E-state index in [0.717, 1.165) is 0 Å². The number of amides is 1. The van der Waals surface area contributed by atoms with E-state index in [9.17, 15) is 9.59 Å². The van der Waals surface area contributed by atoms with E-state index < -0.39 is 0 Å². The molecular weight excluding hydrogens is 258 g/mol. The molecule has 0 atom stereocenters. The molecule has 0 saturated heterocycles. The fourth-order valence-electron chi connectivity index (χ4n) is 1.86. The number of carbonyl (C=O) groups is 1. The Bertz CT molecular complexity index is 835. The van der Waals surface area contributed by atoms with Gasteiger partial charge in [-0.3, -0.25) is 14.6 Å². The second-order valence-electron chi connectivity index (χ2n) is 4.23. The van der Waals surface area contributed by atoms with Crippen LogP contribution in [0.25, 0.3) is 5.78 Å². The zero-order chi connectivity index (χ0) is 14.1. The highest BCUT2D eigenvalue weighted by molar-refractivity contribution is 6.03. The summed E-state index contributed by atoms with van der Waals surface area (Å²) in [4.78, 5) is 30.2. The van der Waals surface area contributed by atoms with Gasteiger partial charge in [-0.05, 0) is 19.1 Å². The summed E-state index contributed by atoms with van der Waals surface area (Å²) in [6, 6.07) is 9.99. The number of hydrogen-bond acceptors (Lipinski definition) is 4. The summed E-state index contributed by atoms with van der Waals surface area (Å²) < 4.78 is 1.39. The summed E-state index contributed by atoms with van der Waals surface area (Å²) in [6.45, 7) is 1.70. The first kappa shape index (κ1) is 12.1. The van der Waals surface area contributed by atoms with Gasteiger partial charge in [-0.15, -0.1) is 5.10 Å². The molecule has 0 unspecified atom stereocenters. The predicted octanol–water partition coefficient (Wildman–Crippen LogP) is 0.978. The second-order valence-corrected chi connectivity index (χ2v) is 4.23. The van der Waals surface area contributed by atoms with E-state index in [4.69, 9.17) is 0 Å². The highest BCUT2D eigenvalue weighted by Crippen LogP contribution is 2.08. The van der Waals surface area contributed by atoms with Crippen LogP contribution in [-0.4, -0.2) is 25.5 Å². The van der Waals surface area contributed by atoms with Gasteiger partial charge in [-0.25, -0.2) is 0 Å². The summed E-state index contributed by atoms with van der Waals surface area (Å²) in [5.41, 5.74) is 0.144. The molecule has 7 heteroatoms. The van der Waals surface area contributed by atoms with Crippen LogP contribution in [-0.2, 0) is 0 Å². The van der Waals surface area contributed by atoms with Crippen LogP contribution in [0.2, 0.25) is 0 Å². The van der Waals surface area contributed by atoms with Gasteiger partial charge in [0, 0.05) is 11.6 Å². The maximum absolute atomic E-state index is 12.1. The lowest BCUT2D eigenvalue weighted by molar-refractivity contribution is 0.102. The van der Waals surface area contributed by atoms with Crippen molar-refractivity contribution in [2.45, 2.75) is 6.92 Å². The number of benzene rings is 1. The molecule has 100 valence electrons. The van der Waals surface area contributed by atoms with Crippen molar-refractivity contribution in [2.75, 3.05) is 5.32 Å². The molecule has 3 rings (SSSR count). The molecule has 0 aliphatic carbocycles. The van der Waals surface area contributed by atoms with Gasteiger partial charge in [-0.1, -0.05) is 18.2 Å². The lowest BCUT2D eigenvalue weighted by atomic mass is 10.2. The quantitative estimate of drug-likeness (QED) is 0.725. The van der Waals surface area contributed by atoms with Crippen LogP contribution >= 0.6 is 0 Å². The van der Waals surface area contributed by atoms with Crippen LogP contribution in [0, 0.1) is 6.92 Å². The van der Waals surface area contributed by atoms with Crippen LogP contribution in [0.4, 0.5) is 5.82 Å². The largest absolute Gasteiger partial charge is 0.306 e. The molecule has 2 heterocycles. The molecule has 0 fully saturated rings. The summed E-state index contributed by atoms with van der Waals surface area (Å²) in [6.07, 6.45) is 0. The third-order valence-electron chi connectivity index (χ3n) is 2.72. The highest BCUT2D eigenvalue weighted by atomic mass is 16.2. The number of nitrogens with zero attached hydrogens (tertiary/aromatic N) is 3. The van der Waals surface area contributed by atoms with Crippen LogP contribution in [0.1, 0.15) is 16.2 Å². The monoisotopic (exact) mass is 269 g/mol. The molecule has 1 amide bonds. The molecule has 1 aromatic carbocycles. The van der Waals surface area contributed by atoms with E-state index >= 15 is 0 Å². The molecule has 7 nitrogen and oxygen atoms in total. The van der Waals surface area contributed by atoms with Crippen molar-refractivity contribution in [3.63, 3.8) is 0 Å². The average molecular weight is 269 g/mol. The lowest BCUT2D eigenvalue weighted by Crippen LogP contribution is -2.18. The summed E-state index contributed by atoms with van der Waals surface area (Å²) in [5.74, 6) is 0.754. The first-order valence-electron chi connectivity index (χ1n) is 5.96. The van der Waals surface area contributed by atoms with Crippen molar-refractivity contribution in [1.29, 1.82) is 0 Å². The van der Waals surface area contributed by atoms with Crippen LogP contribution < -0.4 is 10.9 Å². The maximum Gasteiger partial charge on any atom is 0.256 e. The first-order valence-corrected chi connectivity index (χ1v) is 5.96. The van der Waals surface area contributed by atoms with Crippen molar-refractivity contribution in [1.82, 2.24) is 19.6 Å². The van der Waals surface area contributed by atoms with Crippen molar-refractivity contribution in [3.05, 3.63) is 58.1 Å². The number of hydrogen-bond donors (Lipinski definition) is 2. The Morgan fingerprint density at radius 2 is 2.05 bits per heavy atom. The van der Waals surface area contributed by atoms with Gasteiger partial charge in [0.1, 0.15) is 11.6 Å². The van der Waals surface area contributed by atoms with Gasteiger partial charge in [0.25, 0.3) is 11.5 Å². The number of aromatic nitrogens is 4. The number of aromatic amines is 1. The summed E-state index contributed by atoms with van der Waals surface area (Å²) in [7, 11) is 0. The Labute approximate surface area is 113 Å². The Kier molecular flexibility index (Phi) is 2.79. The normalized spacial score (nSPS) is 10.7. The zero-order valence-electron chi connectivity index (χ0n) is 10.6. The summed E-state index contributed by atoms with van der Waals surface area (Å²) >= 11 is 0. The number of aryl methyl sites for hydroxylation is 1. The van der Waals surface area contributed by atoms with Crippen molar-refractivity contribution in [3.8, 4) is 0 Å². The molecule has 2 aromatic heterocycles. The van der Waals surface area contributed by atoms with Gasteiger partial charge >= 0.3 is 0 Å². The summed E-state index contributed by atoms with van der Waals surface area (Å²) in [5, 5.41) is 6.78. The number of nitrogens with one attached hydrogen (secondary N) is 2. The minimum absolute atomic E-state index is 0.276.